The van der Waals surface area contributed by atoms with Gasteiger partial charge in [0.2, 0.25) is 0 Å². The lowest BCUT2D eigenvalue weighted by molar-refractivity contribution is 0.0603. The van der Waals surface area contributed by atoms with Gasteiger partial charge < -0.3 is 20.9 Å². The summed E-state index contributed by atoms with van der Waals surface area (Å²) >= 11 is 1.16. The van der Waals surface area contributed by atoms with Crippen LogP contribution in [0.3, 0.4) is 0 Å². The maximum absolute atomic E-state index is 11.8. The van der Waals surface area contributed by atoms with Crippen LogP contribution in [0.1, 0.15) is 40.9 Å². The molecule has 1 fully saturated rings. The molecule has 4 N–H and O–H groups in total. The summed E-state index contributed by atoms with van der Waals surface area (Å²) in [6.07, 6.45) is 2.87. The lowest BCUT2D eigenvalue weighted by Gasteiger charge is -2.26. The van der Waals surface area contributed by atoms with Crippen LogP contribution in [0.4, 0.5) is 10.7 Å². The van der Waals surface area contributed by atoms with Crippen LogP contribution in [0.5, 0.6) is 0 Å². The Balaban J connectivity index is 2.22. The molecule has 0 aliphatic heterocycles. The molecular weight excluding hydrogens is 278 g/mol. The quantitative estimate of drug-likeness (QED) is 0.732. The second-order valence-electron chi connectivity index (χ2n) is 4.80. The average molecular weight is 295 g/mol. The van der Waals surface area contributed by atoms with Crippen LogP contribution < -0.4 is 11.1 Å². The third kappa shape index (κ3) is 2.86. The van der Waals surface area contributed by atoms with E-state index in [1.807, 2.05) is 6.07 Å². The largest absolute Gasteiger partial charge is 0.465 e. The van der Waals surface area contributed by atoms with Crippen LogP contribution in [0.15, 0.2) is 0 Å². The fraction of sp³-hybridized carbons (Fsp3) is 0.538. The highest BCUT2D eigenvalue weighted by molar-refractivity contribution is 7.17. The molecule has 1 aliphatic rings. The van der Waals surface area contributed by atoms with Gasteiger partial charge in [0, 0.05) is 6.04 Å². The number of methoxy groups -OCH3 is 1. The smallest absolute Gasteiger partial charge is 0.343 e. The van der Waals surface area contributed by atoms with E-state index in [9.17, 15) is 9.90 Å². The van der Waals surface area contributed by atoms with Crippen molar-refractivity contribution in [3.8, 4) is 6.07 Å². The molecule has 0 bridgehead atoms. The summed E-state index contributed by atoms with van der Waals surface area (Å²) in [5.41, 5.74) is 6.23. The summed E-state index contributed by atoms with van der Waals surface area (Å²) in [5.74, 6) is -0.543. The minimum absolute atomic E-state index is 0.169. The Kier molecular flexibility index (Phi) is 4.47. The normalized spacial score (nSPS) is 22.1. The van der Waals surface area contributed by atoms with Crippen molar-refractivity contribution < 1.29 is 14.6 Å². The van der Waals surface area contributed by atoms with Crippen LogP contribution in [0, 0.1) is 11.3 Å². The molecule has 1 aromatic heterocycles. The van der Waals surface area contributed by atoms with Crippen LogP contribution in [-0.2, 0) is 4.74 Å². The predicted molar refractivity (Wildman–Crippen MR) is 76.7 cm³/mol. The Labute approximate surface area is 121 Å². The number of hydrogen-bond acceptors (Lipinski definition) is 7. The molecular formula is C13H17N3O3S. The standard InChI is InChI=1S/C13H17N3O3S/c1-19-13(18)10-11(15)9(6-14)20-12(10)16-7-2-4-8(17)5-3-7/h7-8,16-17H,2-5,15H2,1H3. The number of nitrogens with two attached hydrogens (primary N) is 1. The first-order valence-electron chi connectivity index (χ1n) is 6.42. The summed E-state index contributed by atoms with van der Waals surface area (Å²) in [5, 5.41) is 22.3. The van der Waals surface area contributed by atoms with Crippen molar-refractivity contribution >= 4 is 28.0 Å². The minimum atomic E-state index is -0.543. The Bertz CT molecular complexity index is 542. The van der Waals surface area contributed by atoms with E-state index in [2.05, 4.69) is 5.32 Å². The van der Waals surface area contributed by atoms with Crippen molar-refractivity contribution in [1.29, 1.82) is 5.26 Å². The summed E-state index contributed by atoms with van der Waals surface area (Å²) in [6.45, 7) is 0. The van der Waals surface area contributed by atoms with Crippen molar-refractivity contribution in [2.75, 3.05) is 18.2 Å². The van der Waals surface area contributed by atoms with Gasteiger partial charge in [-0.3, -0.25) is 0 Å². The van der Waals surface area contributed by atoms with E-state index in [4.69, 9.17) is 15.7 Å². The van der Waals surface area contributed by atoms with Gasteiger partial charge in [0.05, 0.1) is 18.9 Å². The lowest BCUT2D eigenvalue weighted by Crippen LogP contribution is -2.28. The Morgan fingerprint density at radius 3 is 2.70 bits per heavy atom. The van der Waals surface area contributed by atoms with E-state index < -0.39 is 5.97 Å². The summed E-state index contributed by atoms with van der Waals surface area (Å²) in [6, 6.07) is 2.16. The molecule has 1 heterocycles. The molecule has 1 aliphatic carbocycles. The SMILES string of the molecule is COC(=O)c1c(NC2CCC(O)CC2)sc(C#N)c1N. The van der Waals surface area contributed by atoms with Gasteiger partial charge >= 0.3 is 5.97 Å². The van der Waals surface area contributed by atoms with E-state index in [-0.39, 0.29) is 23.4 Å². The number of rotatable bonds is 3. The zero-order chi connectivity index (χ0) is 14.7. The van der Waals surface area contributed by atoms with Crippen LogP contribution >= 0.6 is 11.3 Å². The number of nitrogens with one attached hydrogen (secondary N) is 1. The van der Waals surface area contributed by atoms with Gasteiger partial charge in [-0.2, -0.15) is 5.26 Å². The van der Waals surface area contributed by atoms with Crippen LogP contribution in [-0.4, -0.2) is 30.3 Å². The number of aliphatic hydroxyl groups excluding tert-OH is 1. The van der Waals surface area contributed by atoms with E-state index >= 15 is 0 Å². The number of ether oxygens (including phenoxy) is 1. The number of hydrogen-bond donors (Lipinski definition) is 3. The number of carbonyl (C=O) groups excluding carboxylic acids is 1. The first kappa shape index (κ1) is 14.6. The van der Waals surface area contributed by atoms with Crippen molar-refractivity contribution in [3.63, 3.8) is 0 Å². The maximum atomic E-state index is 11.8. The molecule has 0 amide bonds. The highest BCUT2D eigenvalue weighted by Crippen LogP contribution is 2.37. The van der Waals surface area contributed by atoms with E-state index in [1.54, 1.807) is 0 Å². The van der Waals surface area contributed by atoms with Crippen molar-refractivity contribution in [1.82, 2.24) is 0 Å². The van der Waals surface area contributed by atoms with Gasteiger partial charge in [0.1, 0.15) is 21.5 Å². The molecule has 7 heteroatoms. The Hall–Kier alpha value is -1.78. The molecule has 0 atom stereocenters. The molecule has 0 radical (unpaired) electrons. The first-order valence-corrected chi connectivity index (χ1v) is 7.23. The lowest BCUT2D eigenvalue weighted by atomic mass is 9.93. The zero-order valence-electron chi connectivity index (χ0n) is 11.2. The third-order valence-corrected chi connectivity index (χ3v) is 4.51. The molecule has 0 aromatic carbocycles. The molecule has 0 spiro atoms. The van der Waals surface area contributed by atoms with Gasteiger partial charge in [-0.1, -0.05) is 0 Å². The number of carbonyl (C=O) groups is 1. The molecule has 1 aromatic rings. The number of thiophene rings is 1. The predicted octanol–water partition coefficient (Wildman–Crippen LogP) is 1.70. The molecule has 1 saturated carbocycles. The van der Waals surface area contributed by atoms with Gasteiger partial charge in [-0.05, 0) is 25.7 Å². The van der Waals surface area contributed by atoms with E-state index in [0.29, 0.717) is 9.88 Å². The van der Waals surface area contributed by atoms with Gasteiger partial charge in [-0.25, -0.2) is 4.79 Å². The monoisotopic (exact) mass is 295 g/mol. The summed E-state index contributed by atoms with van der Waals surface area (Å²) in [7, 11) is 1.28. The molecule has 0 saturated heterocycles. The highest BCUT2D eigenvalue weighted by atomic mass is 32.1. The first-order chi connectivity index (χ1) is 9.56. The second-order valence-corrected chi connectivity index (χ2v) is 5.82. The Morgan fingerprint density at radius 1 is 1.50 bits per heavy atom. The molecule has 2 rings (SSSR count). The maximum Gasteiger partial charge on any atom is 0.343 e. The fourth-order valence-corrected chi connectivity index (χ4v) is 3.32. The minimum Gasteiger partial charge on any atom is -0.465 e. The number of nitrogens with zero attached hydrogens (tertiary/aromatic N) is 1. The fourth-order valence-electron chi connectivity index (χ4n) is 2.34. The topological polar surface area (TPSA) is 108 Å². The van der Waals surface area contributed by atoms with E-state index in [1.165, 1.54) is 7.11 Å². The molecule has 0 unspecified atom stereocenters. The van der Waals surface area contributed by atoms with Crippen LogP contribution in [0.25, 0.3) is 0 Å². The molecule has 6 nitrogen and oxygen atoms in total. The summed E-state index contributed by atoms with van der Waals surface area (Å²) < 4.78 is 4.72. The summed E-state index contributed by atoms with van der Waals surface area (Å²) in [4.78, 5) is 12.1. The number of esters is 1. The highest BCUT2D eigenvalue weighted by Gasteiger charge is 2.26. The Morgan fingerprint density at radius 2 is 2.15 bits per heavy atom. The number of nitriles is 1. The molecule has 108 valence electrons. The van der Waals surface area contributed by atoms with Gasteiger partial charge in [0.15, 0.2) is 0 Å². The van der Waals surface area contributed by atoms with Crippen molar-refractivity contribution in [2.24, 2.45) is 0 Å². The van der Waals surface area contributed by atoms with Crippen molar-refractivity contribution in [3.05, 3.63) is 10.4 Å². The third-order valence-electron chi connectivity index (χ3n) is 3.47. The van der Waals surface area contributed by atoms with Crippen molar-refractivity contribution in [2.45, 2.75) is 37.8 Å². The number of aliphatic hydroxyl groups is 1. The second kappa shape index (κ2) is 6.11. The zero-order valence-corrected chi connectivity index (χ0v) is 12.0. The number of nitrogen functional groups attached to an aromatic ring is 1. The average Bonchev–Trinajstić information content (AvgIpc) is 2.76. The van der Waals surface area contributed by atoms with Gasteiger partial charge in [0.25, 0.3) is 0 Å². The number of anilines is 2. The van der Waals surface area contributed by atoms with Crippen LogP contribution in [0.2, 0.25) is 0 Å². The molecule has 20 heavy (non-hydrogen) atoms. The van der Waals surface area contributed by atoms with E-state index in [0.717, 1.165) is 37.0 Å². The van der Waals surface area contributed by atoms with Gasteiger partial charge in [-0.15, -0.1) is 11.3 Å².